The van der Waals surface area contributed by atoms with Crippen LogP contribution in [-0.4, -0.2) is 25.4 Å². The van der Waals surface area contributed by atoms with Crippen molar-refractivity contribution in [2.45, 2.75) is 15.6 Å². The largest absolute Gasteiger partial charge is 0.477 e. The first kappa shape index (κ1) is 10.5. The molecule has 0 amide bonds. The van der Waals surface area contributed by atoms with Gasteiger partial charge in [0.2, 0.25) is 0 Å². The Kier molecular flexibility index (Phi) is 2.98. The van der Waals surface area contributed by atoms with E-state index in [0.717, 1.165) is 15.7 Å². The summed E-state index contributed by atoms with van der Waals surface area (Å²) in [6, 6.07) is 0. The molecule has 2 aromatic rings. The minimum atomic E-state index is -0.936. The second kappa shape index (κ2) is 4.25. The van der Waals surface area contributed by atoms with Crippen molar-refractivity contribution in [3.05, 3.63) is 16.9 Å². The molecule has 0 aliphatic heterocycles. The maximum Gasteiger partial charge on any atom is 0.347 e. The fraction of sp³-hybridized carbons (Fsp3) is 0.143. The summed E-state index contributed by atoms with van der Waals surface area (Å²) in [5.41, 5.74) is 0.541. The first-order chi connectivity index (χ1) is 7.16. The van der Waals surface area contributed by atoms with Gasteiger partial charge in [0.05, 0.1) is 5.69 Å². The number of thiazole rings is 1. The highest BCUT2D eigenvalue weighted by molar-refractivity contribution is 8.02. The van der Waals surface area contributed by atoms with Crippen LogP contribution in [0.15, 0.2) is 15.0 Å². The normalized spacial score (nSPS) is 10.5. The van der Waals surface area contributed by atoms with Gasteiger partial charge in [-0.3, -0.25) is 0 Å². The van der Waals surface area contributed by atoms with Crippen LogP contribution in [-0.2, 0) is 0 Å². The first-order valence-electron chi connectivity index (χ1n) is 3.82. The van der Waals surface area contributed by atoms with Gasteiger partial charge < -0.3 is 5.11 Å². The van der Waals surface area contributed by atoms with E-state index in [9.17, 15) is 4.79 Å². The van der Waals surface area contributed by atoms with E-state index in [1.54, 1.807) is 6.92 Å². The van der Waals surface area contributed by atoms with Gasteiger partial charge in [-0.25, -0.2) is 14.8 Å². The molecule has 2 aromatic heterocycles. The quantitative estimate of drug-likeness (QED) is 0.910. The number of aromatic carboxylic acids is 1. The summed E-state index contributed by atoms with van der Waals surface area (Å²) in [6.45, 7) is 1.68. The minimum Gasteiger partial charge on any atom is -0.477 e. The predicted molar refractivity (Wildman–Crippen MR) is 57.8 cm³/mol. The van der Waals surface area contributed by atoms with Crippen LogP contribution in [0.2, 0.25) is 0 Å². The number of nitrogens with zero attached hydrogens (tertiary/aromatic N) is 3. The highest BCUT2D eigenvalue weighted by atomic mass is 32.2. The number of carbonyl (C=O) groups is 1. The van der Waals surface area contributed by atoms with Crippen LogP contribution in [0.5, 0.6) is 0 Å². The zero-order valence-corrected chi connectivity index (χ0v) is 9.95. The van der Waals surface area contributed by atoms with Gasteiger partial charge in [-0.1, -0.05) is 11.3 Å². The Labute approximate surface area is 97.4 Å². The average Bonchev–Trinajstić information content (AvgIpc) is 2.75. The zero-order chi connectivity index (χ0) is 10.8. The van der Waals surface area contributed by atoms with Crippen molar-refractivity contribution in [3.63, 3.8) is 0 Å². The molecule has 0 spiro atoms. The average molecular weight is 259 g/mol. The van der Waals surface area contributed by atoms with Crippen molar-refractivity contribution >= 4 is 40.6 Å². The maximum atomic E-state index is 10.8. The van der Waals surface area contributed by atoms with E-state index in [-0.39, 0.29) is 4.88 Å². The van der Waals surface area contributed by atoms with Crippen LogP contribution in [0.1, 0.15) is 15.4 Å². The standard InChI is InChI=1S/C7H5N3O2S3/c1-3-4(5(11)12)13-7(10-3)14-6-8-2-9-15-6/h2H,1H3,(H,11,12). The molecule has 0 atom stereocenters. The van der Waals surface area contributed by atoms with Gasteiger partial charge in [-0.15, -0.1) is 0 Å². The molecule has 2 rings (SSSR count). The highest BCUT2D eigenvalue weighted by Gasteiger charge is 2.15. The van der Waals surface area contributed by atoms with Crippen LogP contribution >= 0.6 is 34.6 Å². The molecule has 78 valence electrons. The summed E-state index contributed by atoms with van der Waals surface area (Å²) in [6.07, 6.45) is 1.46. The van der Waals surface area contributed by atoms with E-state index in [4.69, 9.17) is 5.11 Å². The summed E-state index contributed by atoms with van der Waals surface area (Å²) in [5, 5.41) is 8.84. The lowest BCUT2D eigenvalue weighted by Gasteiger charge is -1.86. The van der Waals surface area contributed by atoms with Gasteiger partial charge in [0.15, 0.2) is 8.68 Å². The smallest absolute Gasteiger partial charge is 0.347 e. The summed E-state index contributed by atoms with van der Waals surface area (Å²) in [4.78, 5) is 19.2. The molecule has 0 radical (unpaired) electrons. The molecular weight excluding hydrogens is 254 g/mol. The molecular formula is C7H5N3O2S3. The van der Waals surface area contributed by atoms with Crippen molar-refractivity contribution in [1.82, 2.24) is 14.3 Å². The first-order valence-corrected chi connectivity index (χ1v) is 6.22. The number of carboxylic acids is 1. The summed E-state index contributed by atoms with van der Waals surface area (Å²) in [5.74, 6) is -0.936. The molecule has 0 aromatic carbocycles. The SMILES string of the molecule is Cc1nc(Sc2ncns2)sc1C(=O)O. The van der Waals surface area contributed by atoms with Gasteiger partial charge in [-0.2, -0.15) is 4.37 Å². The molecule has 0 saturated heterocycles. The topological polar surface area (TPSA) is 76.0 Å². The predicted octanol–water partition coefficient (Wildman–Crippen LogP) is 2.15. The van der Waals surface area contributed by atoms with E-state index < -0.39 is 5.97 Å². The molecule has 15 heavy (non-hydrogen) atoms. The van der Waals surface area contributed by atoms with Gasteiger partial charge in [0, 0.05) is 0 Å². The van der Waals surface area contributed by atoms with E-state index in [0.29, 0.717) is 10.0 Å². The Bertz CT molecular complexity index is 480. The van der Waals surface area contributed by atoms with Crippen molar-refractivity contribution in [1.29, 1.82) is 0 Å². The lowest BCUT2D eigenvalue weighted by atomic mass is 10.4. The monoisotopic (exact) mass is 259 g/mol. The summed E-state index contributed by atoms with van der Waals surface area (Å²) in [7, 11) is 0. The van der Waals surface area contributed by atoms with Gasteiger partial charge >= 0.3 is 5.97 Å². The third-order valence-corrected chi connectivity index (χ3v) is 4.41. The molecule has 8 heteroatoms. The molecule has 1 N–H and O–H groups in total. The van der Waals surface area contributed by atoms with E-state index in [1.165, 1.54) is 29.6 Å². The van der Waals surface area contributed by atoms with Gasteiger partial charge in [-0.05, 0) is 30.2 Å². The lowest BCUT2D eigenvalue weighted by Crippen LogP contribution is -1.94. The lowest BCUT2D eigenvalue weighted by molar-refractivity contribution is 0.0701. The summed E-state index contributed by atoms with van der Waals surface area (Å²) < 4.78 is 5.30. The fourth-order valence-corrected chi connectivity index (χ4v) is 3.57. The van der Waals surface area contributed by atoms with Gasteiger partial charge in [0.25, 0.3) is 0 Å². The third kappa shape index (κ3) is 2.33. The molecule has 0 fully saturated rings. The Morgan fingerprint density at radius 1 is 1.53 bits per heavy atom. The van der Waals surface area contributed by atoms with Crippen LogP contribution < -0.4 is 0 Å². The highest BCUT2D eigenvalue weighted by Crippen LogP contribution is 2.33. The molecule has 0 unspecified atom stereocenters. The number of aromatic nitrogens is 3. The van der Waals surface area contributed by atoms with E-state index in [1.807, 2.05) is 0 Å². The second-order valence-corrected chi connectivity index (χ2v) is 5.78. The van der Waals surface area contributed by atoms with Gasteiger partial charge in [0.1, 0.15) is 11.2 Å². The Morgan fingerprint density at radius 2 is 2.33 bits per heavy atom. The molecule has 2 heterocycles. The molecule has 0 bridgehead atoms. The molecule has 0 aliphatic rings. The number of hydrogen-bond acceptors (Lipinski definition) is 7. The van der Waals surface area contributed by atoms with Crippen LogP contribution in [0.4, 0.5) is 0 Å². The van der Waals surface area contributed by atoms with E-state index in [2.05, 4.69) is 14.3 Å². The zero-order valence-electron chi connectivity index (χ0n) is 7.50. The Morgan fingerprint density at radius 3 is 2.87 bits per heavy atom. The Hall–Kier alpha value is -0.990. The molecule has 0 saturated carbocycles. The maximum absolute atomic E-state index is 10.8. The third-order valence-electron chi connectivity index (χ3n) is 1.49. The van der Waals surface area contributed by atoms with Crippen molar-refractivity contribution < 1.29 is 9.90 Å². The van der Waals surface area contributed by atoms with Crippen LogP contribution in [0.25, 0.3) is 0 Å². The number of rotatable bonds is 3. The summed E-state index contributed by atoms with van der Waals surface area (Å²) >= 11 is 3.76. The number of hydrogen-bond donors (Lipinski definition) is 1. The van der Waals surface area contributed by atoms with Crippen molar-refractivity contribution in [2.24, 2.45) is 0 Å². The fourth-order valence-electron chi connectivity index (χ4n) is 0.896. The van der Waals surface area contributed by atoms with Crippen LogP contribution in [0.3, 0.4) is 0 Å². The molecule has 0 aliphatic carbocycles. The minimum absolute atomic E-state index is 0.280. The molecule has 5 nitrogen and oxygen atoms in total. The second-order valence-electron chi connectivity index (χ2n) is 2.51. The Balaban J connectivity index is 2.23. The number of carboxylic acid groups (broad SMARTS) is 1. The van der Waals surface area contributed by atoms with E-state index >= 15 is 0 Å². The van der Waals surface area contributed by atoms with Crippen molar-refractivity contribution in [3.8, 4) is 0 Å². The van der Waals surface area contributed by atoms with Crippen molar-refractivity contribution in [2.75, 3.05) is 0 Å². The van der Waals surface area contributed by atoms with Crippen LogP contribution in [0, 0.1) is 6.92 Å². The number of aryl methyl sites for hydroxylation is 1.